The Bertz CT molecular complexity index is 1010. The number of nitrogens with one attached hydrogen (secondary N) is 2. The maximum atomic E-state index is 12.3. The van der Waals surface area contributed by atoms with E-state index < -0.39 is 24.5 Å². The van der Waals surface area contributed by atoms with Crippen LogP contribution in [-0.2, 0) is 20.7 Å². The third-order valence-electron chi connectivity index (χ3n) is 3.81. The number of rotatable bonds is 7. The largest absolute Gasteiger partial charge is 0.455 e. The number of amides is 3. The second-order valence-corrected chi connectivity index (χ2v) is 8.68. The molecule has 0 saturated heterocycles. The van der Waals surface area contributed by atoms with Crippen LogP contribution in [0.5, 0.6) is 0 Å². The molecule has 0 atom stereocenters. The van der Waals surface area contributed by atoms with Crippen molar-refractivity contribution in [3.8, 4) is 21.1 Å². The van der Waals surface area contributed by atoms with Crippen LogP contribution in [0.2, 0.25) is 0 Å². The summed E-state index contributed by atoms with van der Waals surface area (Å²) in [4.78, 5) is 42.1. The lowest BCUT2D eigenvalue weighted by atomic mass is 10.2. The maximum absolute atomic E-state index is 12.3. The fourth-order valence-electron chi connectivity index (χ4n) is 2.57. The Morgan fingerprint density at radius 2 is 1.87 bits per heavy atom. The Labute approximate surface area is 182 Å². The van der Waals surface area contributed by atoms with Crippen molar-refractivity contribution in [3.63, 3.8) is 0 Å². The molecule has 30 heavy (non-hydrogen) atoms. The molecule has 0 unspecified atom stereocenters. The van der Waals surface area contributed by atoms with Crippen LogP contribution in [0.4, 0.5) is 4.79 Å². The highest BCUT2D eigenvalue weighted by molar-refractivity contribution is 7.17. The smallest absolute Gasteiger partial charge is 0.321 e. The first-order chi connectivity index (χ1) is 14.4. The van der Waals surface area contributed by atoms with Crippen LogP contribution in [0.25, 0.3) is 21.1 Å². The number of esters is 1. The lowest BCUT2D eigenvalue weighted by Gasteiger charge is -2.09. The van der Waals surface area contributed by atoms with Gasteiger partial charge in [0.1, 0.15) is 5.01 Å². The Morgan fingerprint density at radius 1 is 1.10 bits per heavy atom. The third kappa shape index (κ3) is 5.98. The lowest BCUT2D eigenvalue weighted by molar-refractivity contribution is -0.147. The Balaban J connectivity index is 1.66. The first-order valence-corrected chi connectivity index (χ1v) is 11.0. The molecule has 0 aliphatic rings. The monoisotopic (exact) mass is 443 g/mol. The number of nitrogens with zero attached hydrogens (tertiary/aromatic N) is 1. The normalized spacial score (nSPS) is 10.6. The lowest BCUT2D eigenvalue weighted by Crippen LogP contribution is -2.44. The van der Waals surface area contributed by atoms with Crippen molar-refractivity contribution >= 4 is 40.6 Å². The van der Waals surface area contributed by atoms with E-state index in [0.29, 0.717) is 0 Å². The number of hydrogen-bond acceptors (Lipinski definition) is 7. The zero-order valence-electron chi connectivity index (χ0n) is 16.5. The molecule has 7 nitrogen and oxygen atoms in total. The van der Waals surface area contributed by atoms with Crippen LogP contribution in [0.3, 0.4) is 0 Å². The van der Waals surface area contributed by atoms with Gasteiger partial charge < -0.3 is 10.1 Å². The van der Waals surface area contributed by atoms with Crippen molar-refractivity contribution in [2.75, 3.05) is 6.61 Å². The molecule has 2 N–H and O–H groups in total. The summed E-state index contributed by atoms with van der Waals surface area (Å²) in [5.41, 5.74) is 1.71. The van der Waals surface area contributed by atoms with Gasteiger partial charge in [0.05, 0.1) is 17.0 Å². The summed E-state index contributed by atoms with van der Waals surface area (Å²) in [5.74, 6) is -1.25. The van der Waals surface area contributed by atoms with Crippen LogP contribution < -0.4 is 10.6 Å². The van der Waals surface area contributed by atoms with Crippen molar-refractivity contribution in [1.29, 1.82) is 0 Å². The Morgan fingerprint density at radius 3 is 2.53 bits per heavy atom. The first kappa shape index (κ1) is 21.7. The molecule has 0 saturated carbocycles. The number of thiazole rings is 1. The molecule has 9 heteroatoms. The van der Waals surface area contributed by atoms with Crippen molar-refractivity contribution in [3.05, 3.63) is 52.7 Å². The van der Waals surface area contributed by atoms with Gasteiger partial charge in [0.2, 0.25) is 0 Å². The molecule has 3 amide bonds. The van der Waals surface area contributed by atoms with Gasteiger partial charge in [-0.25, -0.2) is 9.78 Å². The predicted molar refractivity (Wildman–Crippen MR) is 117 cm³/mol. The number of ether oxygens (including phenoxy) is 1. The van der Waals surface area contributed by atoms with E-state index in [0.717, 1.165) is 26.0 Å². The molecule has 0 fully saturated rings. The maximum Gasteiger partial charge on any atom is 0.321 e. The first-order valence-electron chi connectivity index (χ1n) is 9.27. The minimum Gasteiger partial charge on any atom is -0.455 e. The summed E-state index contributed by atoms with van der Waals surface area (Å²) in [7, 11) is 0. The van der Waals surface area contributed by atoms with E-state index in [4.69, 9.17) is 9.72 Å². The Kier molecular flexibility index (Phi) is 7.31. The molecular formula is C21H21N3O4S2. The summed E-state index contributed by atoms with van der Waals surface area (Å²) in [6, 6.07) is 12.9. The average molecular weight is 444 g/mol. The fraction of sp³-hybridized carbons (Fsp3) is 0.238. The van der Waals surface area contributed by atoms with Gasteiger partial charge in [-0.1, -0.05) is 36.4 Å². The minimum atomic E-state index is -0.686. The molecule has 156 valence electrons. The van der Waals surface area contributed by atoms with Gasteiger partial charge in [-0.15, -0.1) is 22.7 Å². The van der Waals surface area contributed by atoms with Gasteiger partial charge in [0, 0.05) is 16.5 Å². The Hall–Kier alpha value is -3.04. The number of hydrogen-bond donors (Lipinski definition) is 2. The SMILES string of the molecule is CC(C)NC(=O)NC(=O)COC(=O)Cc1sc(-c2ccccc2)nc1-c1cccs1. The molecule has 2 aromatic heterocycles. The van der Waals surface area contributed by atoms with E-state index in [9.17, 15) is 14.4 Å². The molecular weight excluding hydrogens is 422 g/mol. The molecule has 0 spiro atoms. The number of benzene rings is 1. The highest BCUT2D eigenvalue weighted by Crippen LogP contribution is 2.36. The zero-order chi connectivity index (χ0) is 21.5. The number of urea groups is 1. The van der Waals surface area contributed by atoms with Crippen LogP contribution >= 0.6 is 22.7 Å². The molecule has 3 aromatic rings. The summed E-state index contributed by atoms with van der Waals surface area (Å²) < 4.78 is 5.05. The van der Waals surface area contributed by atoms with Crippen LogP contribution in [0, 0.1) is 0 Å². The van der Waals surface area contributed by atoms with Gasteiger partial charge in [0.15, 0.2) is 6.61 Å². The molecule has 0 bridgehead atoms. The van der Waals surface area contributed by atoms with Crippen molar-refractivity contribution in [2.24, 2.45) is 0 Å². The van der Waals surface area contributed by atoms with E-state index in [1.54, 1.807) is 13.8 Å². The molecule has 0 aliphatic heterocycles. The van der Waals surface area contributed by atoms with Gasteiger partial charge in [0.25, 0.3) is 5.91 Å². The summed E-state index contributed by atoms with van der Waals surface area (Å²) in [6.07, 6.45) is -0.0107. The standard InChI is InChI=1S/C21H21N3O4S2/c1-13(2)22-21(27)23-17(25)12-28-18(26)11-16-19(15-9-6-10-29-15)24-20(30-16)14-7-4-3-5-8-14/h3-10,13H,11-12H2,1-2H3,(H2,22,23,25,27). The highest BCUT2D eigenvalue weighted by atomic mass is 32.1. The number of imide groups is 1. The number of carbonyl (C=O) groups excluding carboxylic acids is 3. The molecule has 0 radical (unpaired) electrons. The van der Waals surface area contributed by atoms with E-state index in [1.807, 2.05) is 47.8 Å². The topological polar surface area (TPSA) is 97.4 Å². The van der Waals surface area contributed by atoms with E-state index in [1.165, 1.54) is 22.7 Å². The van der Waals surface area contributed by atoms with Gasteiger partial charge in [-0.2, -0.15) is 0 Å². The number of aromatic nitrogens is 1. The predicted octanol–water partition coefficient (Wildman–Crippen LogP) is 3.86. The molecule has 0 aliphatic carbocycles. The summed E-state index contributed by atoms with van der Waals surface area (Å²) in [5, 5.41) is 7.40. The van der Waals surface area contributed by atoms with Gasteiger partial charge >= 0.3 is 12.0 Å². The van der Waals surface area contributed by atoms with E-state index >= 15 is 0 Å². The van der Waals surface area contributed by atoms with E-state index in [-0.39, 0.29) is 12.5 Å². The number of carbonyl (C=O) groups is 3. The van der Waals surface area contributed by atoms with Crippen molar-refractivity contribution in [1.82, 2.24) is 15.6 Å². The fourth-order valence-corrected chi connectivity index (χ4v) is 4.44. The molecule has 2 heterocycles. The second-order valence-electron chi connectivity index (χ2n) is 6.65. The third-order valence-corrected chi connectivity index (χ3v) is 5.80. The van der Waals surface area contributed by atoms with Gasteiger partial charge in [-0.3, -0.25) is 14.9 Å². The molecule has 1 aromatic carbocycles. The van der Waals surface area contributed by atoms with Crippen molar-refractivity contribution < 1.29 is 19.1 Å². The zero-order valence-corrected chi connectivity index (χ0v) is 18.1. The highest BCUT2D eigenvalue weighted by Gasteiger charge is 2.19. The summed E-state index contributed by atoms with van der Waals surface area (Å²) in [6.45, 7) is 3.02. The van der Waals surface area contributed by atoms with Crippen LogP contribution in [0.1, 0.15) is 18.7 Å². The average Bonchev–Trinajstić information content (AvgIpc) is 3.36. The van der Waals surface area contributed by atoms with Gasteiger partial charge in [-0.05, 0) is 25.3 Å². The minimum absolute atomic E-state index is 0.0107. The molecule has 3 rings (SSSR count). The van der Waals surface area contributed by atoms with E-state index in [2.05, 4.69) is 10.6 Å². The second kappa shape index (κ2) is 10.1. The van der Waals surface area contributed by atoms with Crippen LogP contribution in [0.15, 0.2) is 47.8 Å². The summed E-state index contributed by atoms with van der Waals surface area (Å²) >= 11 is 2.96. The van der Waals surface area contributed by atoms with Crippen LogP contribution in [-0.4, -0.2) is 35.5 Å². The number of thiophene rings is 1. The quantitative estimate of drug-likeness (QED) is 0.541. The van der Waals surface area contributed by atoms with Crippen molar-refractivity contribution in [2.45, 2.75) is 26.3 Å².